The molecule has 1 amide bonds. The van der Waals surface area contributed by atoms with Crippen LogP contribution in [0.15, 0.2) is 65.1 Å². The van der Waals surface area contributed by atoms with Gasteiger partial charge in [-0.05, 0) is 35.9 Å². The van der Waals surface area contributed by atoms with Crippen LogP contribution in [0.5, 0.6) is 0 Å². The molecule has 0 saturated carbocycles. The normalized spacial score (nSPS) is 12.0. The number of aromatic nitrogens is 1. The first-order valence-electron chi connectivity index (χ1n) is 8.32. The second-order valence-electron chi connectivity index (χ2n) is 5.85. The molecule has 0 aliphatic carbocycles. The second-order valence-corrected chi connectivity index (χ2v) is 6.71. The monoisotopic (exact) mass is 416 g/mol. The van der Waals surface area contributed by atoms with Crippen LogP contribution in [0.3, 0.4) is 0 Å². The first kappa shape index (κ1) is 20.3. The first-order valence-corrected chi connectivity index (χ1v) is 9.19. The Kier molecular flexibility index (Phi) is 6.08. The summed E-state index contributed by atoms with van der Waals surface area (Å²) >= 11 is 1.28. The van der Waals surface area contributed by atoms with Crippen molar-refractivity contribution in [1.29, 1.82) is 0 Å². The molecule has 0 bridgehead atoms. The summed E-state index contributed by atoms with van der Waals surface area (Å²) < 4.78 is 37.9. The number of halogens is 3. The van der Waals surface area contributed by atoms with Gasteiger partial charge in [-0.2, -0.15) is 18.3 Å². The Hall–Kier alpha value is -3.46. The summed E-state index contributed by atoms with van der Waals surface area (Å²) in [6.45, 7) is 0. The van der Waals surface area contributed by atoms with Gasteiger partial charge >= 0.3 is 6.18 Å². The fraction of sp³-hybridized carbons (Fsp3) is 0.0500. The molecule has 1 heterocycles. The fourth-order valence-electron chi connectivity index (χ4n) is 2.37. The number of hydrazone groups is 1. The van der Waals surface area contributed by atoms with Crippen molar-refractivity contribution < 1.29 is 18.0 Å². The van der Waals surface area contributed by atoms with E-state index < -0.39 is 17.6 Å². The van der Waals surface area contributed by atoms with Crippen molar-refractivity contribution in [3.8, 4) is 11.3 Å². The Morgan fingerprint density at radius 2 is 1.93 bits per heavy atom. The van der Waals surface area contributed by atoms with Gasteiger partial charge in [-0.1, -0.05) is 30.3 Å². The minimum atomic E-state index is -4.36. The van der Waals surface area contributed by atoms with E-state index in [4.69, 9.17) is 5.73 Å². The van der Waals surface area contributed by atoms with E-state index in [0.29, 0.717) is 22.0 Å². The molecule has 0 radical (unpaired) electrons. The molecule has 0 fully saturated rings. The standard InChI is InChI=1S/C20H15F3N4OS/c21-20(22,23)16-8-6-14(7-9-16)17-12-29-19(26-17)27-25-10-2-4-13-3-1-5-15(11-13)18(24)28/h1-12H,(H2,24,28)(H,26,27). The maximum Gasteiger partial charge on any atom is 0.416 e. The zero-order chi connectivity index (χ0) is 20.9. The van der Waals surface area contributed by atoms with Crippen molar-refractivity contribution in [2.24, 2.45) is 10.8 Å². The highest BCUT2D eigenvalue weighted by Crippen LogP contribution is 2.31. The quantitative estimate of drug-likeness (QED) is 0.436. The van der Waals surface area contributed by atoms with E-state index in [2.05, 4.69) is 15.5 Å². The number of carbonyl (C=O) groups excluding carboxylic acids is 1. The number of hydrogen-bond donors (Lipinski definition) is 2. The molecule has 0 spiro atoms. The summed E-state index contributed by atoms with van der Waals surface area (Å²) in [5.41, 5.74) is 9.65. The Morgan fingerprint density at radius 3 is 2.62 bits per heavy atom. The summed E-state index contributed by atoms with van der Waals surface area (Å²) in [4.78, 5) is 15.5. The van der Waals surface area contributed by atoms with Gasteiger partial charge in [-0.15, -0.1) is 11.3 Å². The van der Waals surface area contributed by atoms with Gasteiger partial charge in [0.25, 0.3) is 0 Å². The van der Waals surface area contributed by atoms with Gasteiger partial charge in [0, 0.05) is 22.7 Å². The highest BCUT2D eigenvalue weighted by atomic mass is 32.1. The zero-order valence-electron chi connectivity index (χ0n) is 14.9. The molecule has 2 aromatic carbocycles. The number of rotatable bonds is 6. The molecule has 0 aliphatic heterocycles. The summed E-state index contributed by atoms with van der Waals surface area (Å²) in [6.07, 6.45) is 0.581. The van der Waals surface area contributed by atoms with Crippen LogP contribution in [0, 0.1) is 0 Å². The van der Waals surface area contributed by atoms with Crippen molar-refractivity contribution in [3.05, 3.63) is 76.7 Å². The average Bonchev–Trinajstić information content (AvgIpc) is 3.16. The molecular formula is C20H15F3N4OS. The van der Waals surface area contributed by atoms with Gasteiger partial charge in [0.1, 0.15) is 0 Å². The third-order valence-electron chi connectivity index (χ3n) is 3.79. The lowest BCUT2D eigenvalue weighted by molar-refractivity contribution is -0.137. The van der Waals surface area contributed by atoms with Crippen LogP contribution in [0.25, 0.3) is 17.3 Å². The number of nitrogens with zero attached hydrogens (tertiary/aromatic N) is 2. The van der Waals surface area contributed by atoms with Crippen LogP contribution >= 0.6 is 11.3 Å². The smallest absolute Gasteiger partial charge is 0.366 e. The van der Waals surface area contributed by atoms with Gasteiger partial charge in [-0.3, -0.25) is 10.2 Å². The molecule has 0 atom stereocenters. The summed E-state index contributed by atoms with van der Waals surface area (Å²) in [5, 5.41) is 6.24. The van der Waals surface area contributed by atoms with Gasteiger partial charge in [0.2, 0.25) is 11.0 Å². The van der Waals surface area contributed by atoms with Crippen LogP contribution in [0.1, 0.15) is 21.5 Å². The maximum absolute atomic E-state index is 12.6. The summed E-state index contributed by atoms with van der Waals surface area (Å²) in [7, 11) is 0. The van der Waals surface area contributed by atoms with Crippen molar-refractivity contribution in [2.75, 3.05) is 5.43 Å². The number of hydrogen-bond acceptors (Lipinski definition) is 5. The number of benzene rings is 2. The number of amides is 1. The molecule has 0 saturated heterocycles. The van der Waals surface area contributed by atoms with E-state index in [1.54, 1.807) is 35.7 Å². The van der Waals surface area contributed by atoms with E-state index in [1.165, 1.54) is 29.7 Å². The molecule has 0 aliphatic rings. The van der Waals surface area contributed by atoms with Gasteiger partial charge in [-0.25, -0.2) is 4.98 Å². The highest BCUT2D eigenvalue weighted by Gasteiger charge is 2.30. The van der Waals surface area contributed by atoms with Crippen LogP contribution in [-0.2, 0) is 6.18 Å². The number of carbonyl (C=O) groups is 1. The number of nitrogens with one attached hydrogen (secondary N) is 1. The predicted molar refractivity (Wildman–Crippen MR) is 109 cm³/mol. The van der Waals surface area contributed by atoms with E-state index in [0.717, 1.165) is 17.7 Å². The summed E-state index contributed by atoms with van der Waals surface area (Å²) in [6, 6.07) is 11.7. The van der Waals surface area contributed by atoms with Crippen LogP contribution in [0.2, 0.25) is 0 Å². The van der Waals surface area contributed by atoms with Gasteiger partial charge < -0.3 is 5.73 Å². The molecule has 148 valence electrons. The fourth-order valence-corrected chi connectivity index (χ4v) is 3.04. The minimum absolute atomic E-state index is 0.417. The van der Waals surface area contributed by atoms with Crippen molar-refractivity contribution >= 4 is 34.7 Å². The molecule has 3 rings (SSSR count). The van der Waals surface area contributed by atoms with Crippen molar-refractivity contribution in [3.63, 3.8) is 0 Å². The van der Waals surface area contributed by atoms with E-state index in [9.17, 15) is 18.0 Å². The molecule has 29 heavy (non-hydrogen) atoms. The number of anilines is 1. The lowest BCUT2D eigenvalue weighted by atomic mass is 10.1. The second kappa shape index (κ2) is 8.70. The lowest BCUT2D eigenvalue weighted by Gasteiger charge is -2.06. The van der Waals surface area contributed by atoms with E-state index in [-0.39, 0.29) is 0 Å². The van der Waals surface area contributed by atoms with Crippen molar-refractivity contribution in [2.45, 2.75) is 6.18 Å². The third kappa shape index (κ3) is 5.52. The van der Waals surface area contributed by atoms with Crippen molar-refractivity contribution in [1.82, 2.24) is 4.98 Å². The van der Waals surface area contributed by atoms with Gasteiger partial charge in [0.15, 0.2) is 0 Å². The molecule has 3 N–H and O–H groups in total. The first-order chi connectivity index (χ1) is 13.8. The molecule has 0 unspecified atom stereocenters. The number of alkyl halides is 3. The molecule has 3 aromatic rings. The molecule has 9 heteroatoms. The number of nitrogens with two attached hydrogens (primary N) is 1. The lowest BCUT2D eigenvalue weighted by Crippen LogP contribution is -2.10. The SMILES string of the molecule is NC(=O)c1cccc(C=CC=NNc2nc(-c3ccc(C(F)(F)F)cc3)cs2)c1. The average molecular weight is 416 g/mol. The Balaban J connectivity index is 1.59. The molecule has 1 aromatic heterocycles. The minimum Gasteiger partial charge on any atom is -0.366 e. The number of thiazole rings is 1. The number of allylic oxidation sites excluding steroid dienone is 1. The maximum atomic E-state index is 12.6. The Bertz CT molecular complexity index is 1060. The van der Waals surface area contributed by atoms with E-state index in [1.807, 2.05) is 6.07 Å². The summed E-state index contributed by atoms with van der Waals surface area (Å²) in [5.74, 6) is -0.497. The predicted octanol–water partition coefficient (Wildman–Crippen LogP) is 5.04. The van der Waals surface area contributed by atoms with Crippen LogP contribution < -0.4 is 11.2 Å². The van der Waals surface area contributed by atoms with Crippen LogP contribution in [0.4, 0.5) is 18.3 Å². The Labute approximate surface area is 168 Å². The Morgan fingerprint density at radius 1 is 1.17 bits per heavy atom. The zero-order valence-corrected chi connectivity index (χ0v) is 15.7. The third-order valence-corrected chi connectivity index (χ3v) is 4.54. The number of primary amides is 1. The highest BCUT2D eigenvalue weighted by molar-refractivity contribution is 7.14. The van der Waals surface area contributed by atoms with Crippen LogP contribution in [-0.4, -0.2) is 17.1 Å². The topological polar surface area (TPSA) is 80.4 Å². The largest absolute Gasteiger partial charge is 0.416 e. The molecule has 5 nitrogen and oxygen atoms in total. The van der Waals surface area contributed by atoms with E-state index >= 15 is 0 Å². The molecular weight excluding hydrogens is 401 g/mol. The van der Waals surface area contributed by atoms with Gasteiger partial charge in [0.05, 0.1) is 11.3 Å².